The second-order valence-corrected chi connectivity index (χ2v) is 9.49. The molecule has 0 saturated heterocycles. The molecule has 0 aliphatic rings. The van der Waals surface area contributed by atoms with Gasteiger partial charge in [-0.25, -0.2) is 0 Å². The lowest BCUT2D eigenvalue weighted by atomic mass is 10.0. The molecule has 3 rings (SSSR count). The SMILES string of the molecule is Cc1ccccc1OCC(=O)N(Cc1ccc(Br)cc1)C(Cc1ccccc1)C(=O)NC(C)C. The Bertz CT molecular complexity index is 1080. The maximum absolute atomic E-state index is 13.5. The van der Waals surface area contributed by atoms with Crippen molar-refractivity contribution < 1.29 is 14.3 Å². The first-order valence-corrected chi connectivity index (χ1v) is 12.2. The Morgan fingerprint density at radius 3 is 2.21 bits per heavy atom. The molecule has 2 amide bonds. The van der Waals surface area contributed by atoms with Crippen LogP contribution >= 0.6 is 15.9 Å². The van der Waals surface area contributed by atoms with E-state index in [0.717, 1.165) is 21.2 Å². The van der Waals surface area contributed by atoms with E-state index in [1.54, 1.807) is 4.90 Å². The van der Waals surface area contributed by atoms with E-state index < -0.39 is 6.04 Å². The van der Waals surface area contributed by atoms with Gasteiger partial charge < -0.3 is 15.0 Å². The van der Waals surface area contributed by atoms with Gasteiger partial charge in [0, 0.05) is 23.5 Å². The van der Waals surface area contributed by atoms with Crippen molar-refractivity contribution in [3.8, 4) is 5.75 Å². The largest absolute Gasteiger partial charge is 0.484 e. The van der Waals surface area contributed by atoms with Gasteiger partial charge in [0.25, 0.3) is 5.91 Å². The second-order valence-electron chi connectivity index (χ2n) is 8.57. The summed E-state index contributed by atoms with van der Waals surface area (Å²) in [7, 11) is 0. The number of hydrogen-bond donors (Lipinski definition) is 1. The van der Waals surface area contributed by atoms with Crippen LogP contribution in [0.15, 0.2) is 83.3 Å². The lowest BCUT2D eigenvalue weighted by Gasteiger charge is -2.32. The number of nitrogens with zero attached hydrogens (tertiary/aromatic N) is 1. The number of rotatable bonds is 10. The van der Waals surface area contributed by atoms with Gasteiger partial charge in [0.15, 0.2) is 6.61 Å². The molecule has 0 aliphatic heterocycles. The fourth-order valence-corrected chi connectivity index (χ4v) is 3.93. The summed E-state index contributed by atoms with van der Waals surface area (Å²) in [6.07, 6.45) is 0.409. The Hall–Kier alpha value is -3.12. The molecule has 1 unspecified atom stereocenters. The van der Waals surface area contributed by atoms with Gasteiger partial charge in [0.1, 0.15) is 11.8 Å². The van der Waals surface area contributed by atoms with Gasteiger partial charge in [-0.3, -0.25) is 9.59 Å². The average Bonchev–Trinajstić information content (AvgIpc) is 2.82. The molecular formula is C28H31BrN2O3. The molecule has 0 bridgehead atoms. The van der Waals surface area contributed by atoms with Crippen molar-refractivity contribution in [3.05, 3.63) is 100 Å². The minimum atomic E-state index is -0.679. The van der Waals surface area contributed by atoms with E-state index in [0.29, 0.717) is 18.7 Å². The summed E-state index contributed by atoms with van der Waals surface area (Å²) in [5, 5.41) is 3.00. The lowest BCUT2D eigenvalue weighted by Crippen LogP contribution is -2.52. The normalized spacial score (nSPS) is 11.7. The summed E-state index contributed by atoms with van der Waals surface area (Å²) >= 11 is 3.46. The molecule has 0 saturated carbocycles. The maximum atomic E-state index is 13.5. The third-order valence-corrected chi connectivity index (χ3v) is 5.94. The fraction of sp³-hybridized carbons (Fsp3) is 0.286. The molecule has 1 atom stereocenters. The Kier molecular flexibility index (Phi) is 9.28. The van der Waals surface area contributed by atoms with Gasteiger partial charge in [-0.1, -0.05) is 76.6 Å². The Morgan fingerprint density at radius 2 is 1.56 bits per heavy atom. The molecule has 3 aromatic rings. The van der Waals surface area contributed by atoms with Crippen LogP contribution in [0.2, 0.25) is 0 Å². The number of hydrogen-bond acceptors (Lipinski definition) is 3. The highest BCUT2D eigenvalue weighted by molar-refractivity contribution is 9.10. The highest BCUT2D eigenvalue weighted by Gasteiger charge is 2.31. The van der Waals surface area contributed by atoms with Gasteiger partial charge in [-0.15, -0.1) is 0 Å². The van der Waals surface area contributed by atoms with Crippen molar-refractivity contribution in [1.29, 1.82) is 0 Å². The fourth-order valence-electron chi connectivity index (χ4n) is 3.66. The molecule has 5 nitrogen and oxygen atoms in total. The quantitative estimate of drug-likeness (QED) is 0.393. The summed E-state index contributed by atoms with van der Waals surface area (Å²) in [4.78, 5) is 28.5. The molecule has 0 heterocycles. The molecule has 0 aliphatic carbocycles. The van der Waals surface area contributed by atoms with Crippen molar-refractivity contribution in [1.82, 2.24) is 10.2 Å². The van der Waals surface area contributed by atoms with Gasteiger partial charge in [-0.2, -0.15) is 0 Å². The van der Waals surface area contributed by atoms with Crippen molar-refractivity contribution in [2.45, 2.75) is 45.8 Å². The molecule has 34 heavy (non-hydrogen) atoms. The zero-order valence-electron chi connectivity index (χ0n) is 19.8. The number of ether oxygens (including phenoxy) is 1. The third kappa shape index (κ3) is 7.45. The minimum Gasteiger partial charge on any atom is -0.484 e. The van der Waals surface area contributed by atoms with Crippen LogP contribution < -0.4 is 10.1 Å². The zero-order chi connectivity index (χ0) is 24.5. The van der Waals surface area contributed by atoms with Crippen LogP contribution in [0.1, 0.15) is 30.5 Å². The number of aryl methyl sites for hydroxylation is 1. The van der Waals surface area contributed by atoms with Crippen LogP contribution in [0.3, 0.4) is 0 Å². The number of nitrogens with one attached hydrogen (secondary N) is 1. The summed E-state index contributed by atoms with van der Waals surface area (Å²) in [5.41, 5.74) is 2.87. The van der Waals surface area contributed by atoms with Gasteiger partial charge in [0.05, 0.1) is 0 Å². The summed E-state index contributed by atoms with van der Waals surface area (Å²) < 4.78 is 6.82. The van der Waals surface area contributed by atoms with Crippen LogP contribution in [-0.4, -0.2) is 35.4 Å². The first-order valence-electron chi connectivity index (χ1n) is 11.4. The molecule has 178 valence electrons. The first kappa shape index (κ1) is 25.5. The number of para-hydroxylation sites is 1. The Labute approximate surface area is 210 Å². The smallest absolute Gasteiger partial charge is 0.261 e. The second kappa shape index (κ2) is 12.4. The highest BCUT2D eigenvalue weighted by Crippen LogP contribution is 2.19. The molecule has 0 fully saturated rings. The molecule has 0 aromatic heterocycles. The van der Waals surface area contributed by atoms with E-state index in [4.69, 9.17) is 4.74 Å². The monoisotopic (exact) mass is 522 g/mol. The molecule has 3 aromatic carbocycles. The van der Waals surface area contributed by atoms with Crippen molar-refractivity contribution in [2.24, 2.45) is 0 Å². The van der Waals surface area contributed by atoms with E-state index in [1.807, 2.05) is 99.6 Å². The van der Waals surface area contributed by atoms with Crippen LogP contribution in [0.4, 0.5) is 0 Å². The Balaban J connectivity index is 1.91. The molecular weight excluding hydrogens is 492 g/mol. The number of amides is 2. The third-order valence-electron chi connectivity index (χ3n) is 5.41. The topological polar surface area (TPSA) is 58.6 Å². The number of carbonyl (C=O) groups excluding carboxylic acids is 2. The number of benzene rings is 3. The maximum Gasteiger partial charge on any atom is 0.261 e. The summed E-state index contributed by atoms with van der Waals surface area (Å²) in [5.74, 6) is 0.233. The van der Waals surface area contributed by atoms with Crippen LogP contribution in [0.25, 0.3) is 0 Å². The lowest BCUT2D eigenvalue weighted by molar-refractivity contribution is -0.143. The van der Waals surface area contributed by atoms with E-state index >= 15 is 0 Å². The van der Waals surface area contributed by atoms with Crippen LogP contribution in [0, 0.1) is 6.92 Å². The van der Waals surface area contributed by atoms with Crippen LogP contribution in [0.5, 0.6) is 5.75 Å². The zero-order valence-corrected chi connectivity index (χ0v) is 21.4. The average molecular weight is 523 g/mol. The van der Waals surface area contributed by atoms with Gasteiger partial charge >= 0.3 is 0 Å². The molecule has 0 radical (unpaired) electrons. The van der Waals surface area contributed by atoms with E-state index in [2.05, 4.69) is 21.2 Å². The number of carbonyl (C=O) groups is 2. The minimum absolute atomic E-state index is 0.0429. The summed E-state index contributed by atoms with van der Waals surface area (Å²) in [6.45, 7) is 5.92. The standard InChI is InChI=1S/C28H31BrN2O3/c1-20(2)30-28(33)25(17-22-10-5-4-6-11-22)31(18-23-13-15-24(29)16-14-23)27(32)19-34-26-12-8-7-9-21(26)3/h4-16,20,25H,17-19H2,1-3H3,(H,30,33). The first-order chi connectivity index (χ1) is 16.3. The number of halogens is 1. The van der Waals surface area contributed by atoms with Gasteiger partial charge in [-0.05, 0) is 55.7 Å². The molecule has 0 spiro atoms. The van der Waals surface area contributed by atoms with Crippen molar-refractivity contribution >= 4 is 27.7 Å². The van der Waals surface area contributed by atoms with Crippen LogP contribution in [-0.2, 0) is 22.6 Å². The molecule has 6 heteroatoms. The highest BCUT2D eigenvalue weighted by atomic mass is 79.9. The van der Waals surface area contributed by atoms with Crippen molar-refractivity contribution in [3.63, 3.8) is 0 Å². The predicted octanol–water partition coefficient (Wildman–Crippen LogP) is 5.30. The van der Waals surface area contributed by atoms with E-state index in [1.165, 1.54) is 0 Å². The van der Waals surface area contributed by atoms with Crippen molar-refractivity contribution in [2.75, 3.05) is 6.61 Å². The van der Waals surface area contributed by atoms with E-state index in [-0.39, 0.29) is 24.5 Å². The van der Waals surface area contributed by atoms with Gasteiger partial charge in [0.2, 0.25) is 5.91 Å². The Morgan fingerprint density at radius 1 is 0.912 bits per heavy atom. The predicted molar refractivity (Wildman–Crippen MR) is 139 cm³/mol. The molecule has 1 N–H and O–H groups in total. The van der Waals surface area contributed by atoms with E-state index in [9.17, 15) is 9.59 Å². The summed E-state index contributed by atoms with van der Waals surface area (Å²) in [6, 6.07) is 24.4.